The standard InChI is InChI=1S/C17H25NO3/c1-2-16-13(9-11-21-16)17(20)18-10-4-3-7-14(18)12-6-5-8-15(12)19/h9,11-12,14-15,19H,2-8,10H2,1H3. The van der Waals surface area contributed by atoms with E-state index in [9.17, 15) is 9.90 Å². The average molecular weight is 291 g/mol. The number of likely N-dealkylation sites (tertiary alicyclic amines) is 1. The first-order valence-electron chi connectivity index (χ1n) is 8.27. The molecule has 0 spiro atoms. The van der Waals surface area contributed by atoms with Crippen LogP contribution in [0, 0.1) is 5.92 Å². The Bertz CT molecular complexity index is 496. The van der Waals surface area contributed by atoms with Crippen molar-refractivity contribution in [2.75, 3.05) is 6.54 Å². The molecule has 1 aliphatic heterocycles. The van der Waals surface area contributed by atoms with Crippen molar-refractivity contribution in [2.45, 2.75) is 64.0 Å². The van der Waals surface area contributed by atoms with E-state index in [0.29, 0.717) is 5.56 Å². The lowest BCUT2D eigenvalue weighted by Crippen LogP contribution is -2.49. The summed E-state index contributed by atoms with van der Waals surface area (Å²) < 4.78 is 5.41. The molecule has 1 aliphatic carbocycles. The molecule has 1 saturated carbocycles. The first kappa shape index (κ1) is 14.6. The van der Waals surface area contributed by atoms with Crippen LogP contribution in [0.3, 0.4) is 0 Å². The first-order chi connectivity index (χ1) is 10.2. The second-order valence-corrected chi connectivity index (χ2v) is 6.33. The lowest BCUT2D eigenvalue weighted by Gasteiger charge is -2.40. The topological polar surface area (TPSA) is 53.7 Å². The number of rotatable bonds is 3. The summed E-state index contributed by atoms with van der Waals surface area (Å²) in [6, 6.07) is 1.99. The van der Waals surface area contributed by atoms with Crippen LogP contribution in [0.2, 0.25) is 0 Å². The molecule has 21 heavy (non-hydrogen) atoms. The molecular weight excluding hydrogens is 266 g/mol. The molecule has 1 N–H and O–H groups in total. The van der Waals surface area contributed by atoms with Crippen LogP contribution in [0.1, 0.15) is 61.6 Å². The van der Waals surface area contributed by atoms with Gasteiger partial charge in [-0.05, 0) is 38.2 Å². The highest BCUT2D eigenvalue weighted by Gasteiger charge is 2.39. The molecule has 2 aliphatic rings. The molecule has 0 bridgehead atoms. The third-order valence-electron chi connectivity index (χ3n) is 5.13. The van der Waals surface area contributed by atoms with Crippen LogP contribution < -0.4 is 0 Å². The van der Waals surface area contributed by atoms with E-state index in [1.54, 1.807) is 12.3 Å². The summed E-state index contributed by atoms with van der Waals surface area (Å²) in [5, 5.41) is 10.2. The summed E-state index contributed by atoms with van der Waals surface area (Å²) in [5.74, 6) is 1.12. The number of nitrogens with zero attached hydrogens (tertiary/aromatic N) is 1. The number of carbonyl (C=O) groups excluding carboxylic acids is 1. The fraction of sp³-hybridized carbons (Fsp3) is 0.706. The molecule has 1 saturated heterocycles. The highest BCUT2D eigenvalue weighted by Crippen LogP contribution is 2.36. The first-order valence-corrected chi connectivity index (χ1v) is 8.27. The third kappa shape index (κ3) is 2.73. The maximum atomic E-state index is 12.9. The largest absolute Gasteiger partial charge is 0.469 e. The lowest BCUT2D eigenvalue weighted by atomic mass is 9.87. The predicted octanol–water partition coefficient (Wildman–Crippen LogP) is 3.00. The molecule has 1 amide bonds. The number of aliphatic hydroxyl groups is 1. The molecular formula is C17H25NO3. The van der Waals surface area contributed by atoms with Crippen molar-refractivity contribution in [3.63, 3.8) is 0 Å². The fourth-order valence-electron chi connectivity index (χ4n) is 4.03. The summed E-state index contributed by atoms with van der Waals surface area (Å²) in [7, 11) is 0. The van der Waals surface area contributed by atoms with E-state index in [1.165, 1.54) is 0 Å². The highest BCUT2D eigenvalue weighted by molar-refractivity contribution is 5.95. The minimum atomic E-state index is -0.238. The smallest absolute Gasteiger partial charge is 0.257 e. The number of piperidine rings is 1. The summed E-state index contributed by atoms with van der Waals surface area (Å²) in [6.45, 7) is 2.81. The van der Waals surface area contributed by atoms with Gasteiger partial charge in [-0.25, -0.2) is 0 Å². The number of aryl methyl sites for hydroxylation is 1. The number of hydrogen-bond donors (Lipinski definition) is 1. The quantitative estimate of drug-likeness (QED) is 0.931. The van der Waals surface area contributed by atoms with E-state index < -0.39 is 0 Å². The zero-order valence-electron chi connectivity index (χ0n) is 12.8. The number of amides is 1. The van der Waals surface area contributed by atoms with Gasteiger partial charge < -0.3 is 14.4 Å². The van der Waals surface area contributed by atoms with Gasteiger partial charge in [0.2, 0.25) is 0 Å². The fourth-order valence-corrected chi connectivity index (χ4v) is 4.03. The van der Waals surface area contributed by atoms with Gasteiger partial charge in [-0.1, -0.05) is 13.3 Å². The molecule has 4 heteroatoms. The Morgan fingerprint density at radius 1 is 1.33 bits per heavy atom. The Labute approximate surface area is 126 Å². The Kier molecular flexibility index (Phi) is 4.34. The molecule has 2 fully saturated rings. The van der Waals surface area contributed by atoms with Crippen molar-refractivity contribution in [3.05, 3.63) is 23.7 Å². The maximum Gasteiger partial charge on any atom is 0.257 e. The van der Waals surface area contributed by atoms with E-state index in [-0.39, 0.29) is 24.0 Å². The highest BCUT2D eigenvalue weighted by atomic mass is 16.3. The summed E-state index contributed by atoms with van der Waals surface area (Å²) in [5.41, 5.74) is 0.705. The van der Waals surface area contributed by atoms with Crippen molar-refractivity contribution in [1.82, 2.24) is 4.90 Å². The lowest BCUT2D eigenvalue weighted by molar-refractivity contribution is 0.0286. The Hall–Kier alpha value is -1.29. The van der Waals surface area contributed by atoms with E-state index in [1.807, 2.05) is 11.8 Å². The van der Waals surface area contributed by atoms with Crippen molar-refractivity contribution >= 4 is 5.91 Å². The van der Waals surface area contributed by atoms with Crippen LogP contribution in [-0.2, 0) is 6.42 Å². The number of furan rings is 1. The number of aliphatic hydroxyl groups excluding tert-OH is 1. The van der Waals surface area contributed by atoms with Gasteiger partial charge in [0.25, 0.3) is 5.91 Å². The molecule has 116 valence electrons. The summed E-state index contributed by atoms with van der Waals surface area (Å²) in [4.78, 5) is 14.9. The Balaban J connectivity index is 1.82. The molecule has 3 unspecified atom stereocenters. The summed E-state index contributed by atoms with van der Waals surface area (Å²) >= 11 is 0. The third-order valence-corrected chi connectivity index (χ3v) is 5.13. The van der Waals surface area contributed by atoms with Gasteiger partial charge in [0.15, 0.2) is 0 Å². The van der Waals surface area contributed by atoms with Crippen LogP contribution >= 0.6 is 0 Å². The summed E-state index contributed by atoms with van der Waals surface area (Å²) in [6.07, 6.45) is 8.35. The predicted molar refractivity (Wildman–Crippen MR) is 80.1 cm³/mol. The second-order valence-electron chi connectivity index (χ2n) is 6.33. The SMILES string of the molecule is CCc1occc1C(=O)N1CCCCC1C1CCCC1O. The average Bonchev–Trinajstić information content (AvgIpc) is 3.14. The van der Waals surface area contributed by atoms with Crippen LogP contribution in [0.15, 0.2) is 16.7 Å². The van der Waals surface area contributed by atoms with Crippen LogP contribution in [-0.4, -0.2) is 34.6 Å². The van der Waals surface area contributed by atoms with E-state index in [0.717, 1.165) is 57.3 Å². The van der Waals surface area contributed by atoms with Gasteiger partial charge in [-0.15, -0.1) is 0 Å². The minimum absolute atomic E-state index is 0.0874. The zero-order chi connectivity index (χ0) is 14.8. The van der Waals surface area contributed by atoms with Crippen LogP contribution in [0.4, 0.5) is 0 Å². The van der Waals surface area contributed by atoms with Crippen molar-refractivity contribution in [3.8, 4) is 0 Å². The van der Waals surface area contributed by atoms with E-state index in [2.05, 4.69) is 0 Å². The number of carbonyl (C=O) groups is 1. The van der Waals surface area contributed by atoms with Crippen LogP contribution in [0.25, 0.3) is 0 Å². The van der Waals surface area contributed by atoms with Gasteiger partial charge >= 0.3 is 0 Å². The molecule has 1 aromatic rings. The van der Waals surface area contributed by atoms with Gasteiger partial charge in [-0.3, -0.25) is 4.79 Å². The molecule has 4 nitrogen and oxygen atoms in total. The van der Waals surface area contributed by atoms with Gasteiger partial charge in [0.1, 0.15) is 5.76 Å². The molecule has 3 rings (SSSR count). The van der Waals surface area contributed by atoms with Crippen molar-refractivity contribution in [1.29, 1.82) is 0 Å². The van der Waals surface area contributed by atoms with E-state index in [4.69, 9.17) is 4.42 Å². The second kappa shape index (κ2) is 6.22. The Morgan fingerprint density at radius 2 is 2.19 bits per heavy atom. The molecule has 3 atom stereocenters. The molecule has 2 heterocycles. The van der Waals surface area contributed by atoms with Gasteiger partial charge in [-0.2, -0.15) is 0 Å². The monoisotopic (exact) mass is 291 g/mol. The molecule has 0 radical (unpaired) electrons. The molecule has 1 aromatic heterocycles. The van der Waals surface area contributed by atoms with E-state index >= 15 is 0 Å². The maximum absolute atomic E-state index is 12.9. The normalized spacial score (nSPS) is 29.8. The van der Waals surface area contributed by atoms with Crippen molar-refractivity contribution < 1.29 is 14.3 Å². The number of hydrogen-bond acceptors (Lipinski definition) is 3. The minimum Gasteiger partial charge on any atom is -0.469 e. The Morgan fingerprint density at radius 3 is 2.90 bits per heavy atom. The van der Waals surface area contributed by atoms with Gasteiger partial charge in [0.05, 0.1) is 17.9 Å². The van der Waals surface area contributed by atoms with Crippen molar-refractivity contribution in [2.24, 2.45) is 5.92 Å². The van der Waals surface area contributed by atoms with Gasteiger partial charge in [0, 0.05) is 24.9 Å². The zero-order valence-corrected chi connectivity index (χ0v) is 12.8. The van der Waals surface area contributed by atoms with Crippen LogP contribution in [0.5, 0.6) is 0 Å². The molecule has 0 aromatic carbocycles.